The molecule has 6 heteroatoms. The number of carbonyl (C=O) groups is 1. The first-order chi connectivity index (χ1) is 9.92. The number of rotatable bonds is 3. The molecule has 2 aromatic carbocycles. The number of nitrogens with two attached hydrogens (primary N) is 1. The number of anilines is 2. The van der Waals surface area contributed by atoms with Gasteiger partial charge in [-0.25, -0.2) is 8.78 Å². The standard InChI is InChI=1S/C15H14F2N2O2/c1-8-12(17)5-9(6-13(8)18)15(20)19-10-3-4-11(16)14(7-10)21-2/h3-7H,18H2,1-2H3,(H,19,20). The minimum atomic E-state index is -0.558. The second-order valence-corrected chi connectivity index (χ2v) is 4.48. The van der Waals surface area contributed by atoms with E-state index in [0.29, 0.717) is 5.69 Å². The molecular weight excluding hydrogens is 278 g/mol. The maximum absolute atomic E-state index is 13.6. The van der Waals surface area contributed by atoms with E-state index in [1.54, 1.807) is 0 Å². The summed E-state index contributed by atoms with van der Waals surface area (Å²) in [7, 11) is 1.32. The summed E-state index contributed by atoms with van der Waals surface area (Å²) in [6, 6.07) is 6.36. The first-order valence-electron chi connectivity index (χ1n) is 6.13. The van der Waals surface area contributed by atoms with Gasteiger partial charge in [-0.2, -0.15) is 0 Å². The third-order valence-corrected chi connectivity index (χ3v) is 3.06. The van der Waals surface area contributed by atoms with Gasteiger partial charge in [0.1, 0.15) is 5.82 Å². The van der Waals surface area contributed by atoms with Crippen molar-refractivity contribution >= 4 is 17.3 Å². The average molecular weight is 292 g/mol. The molecule has 0 bridgehead atoms. The molecule has 0 saturated carbocycles. The lowest BCUT2D eigenvalue weighted by atomic mass is 10.1. The van der Waals surface area contributed by atoms with E-state index in [0.717, 1.165) is 6.07 Å². The molecule has 2 rings (SSSR count). The van der Waals surface area contributed by atoms with Gasteiger partial charge in [-0.1, -0.05) is 0 Å². The second kappa shape index (κ2) is 5.78. The Labute approximate surface area is 120 Å². The number of ether oxygens (including phenoxy) is 1. The average Bonchev–Trinajstić information content (AvgIpc) is 2.46. The lowest BCUT2D eigenvalue weighted by molar-refractivity contribution is 0.102. The van der Waals surface area contributed by atoms with Crippen LogP contribution in [0.2, 0.25) is 0 Å². The number of hydrogen-bond donors (Lipinski definition) is 2. The summed E-state index contributed by atoms with van der Waals surface area (Å²) in [5, 5.41) is 2.53. The smallest absolute Gasteiger partial charge is 0.255 e. The second-order valence-electron chi connectivity index (χ2n) is 4.48. The van der Waals surface area contributed by atoms with Gasteiger partial charge in [-0.05, 0) is 31.2 Å². The van der Waals surface area contributed by atoms with E-state index in [-0.39, 0.29) is 22.6 Å². The van der Waals surface area contributed by atoms with Gasteiger partial charge < -0.3 is 15.8 Å². The van der Waals surface area contributed by atoms with Crippen LogP contribution in [0.25, 0.3) is 0 Å². The van der Waals surface area contributed by atoms with Crippen molar-refractivity contribution in [2.45, 2.75) is 6.92 Å². The fourth-order valence-electron chi connectivity index (χ4n) is 1.77. The summed E-state index contributed by atoms with van der Waals surface area (Å²) in [4.78, 5) is 12.0. The number of halogens is 2. The molecule has 3 N–H and O–H groups in total. The number of nitrogen functional groups attached to an aromatic ring is 1. The van der Waals surface area contributed by atoms with Crippen LogP contribution in [0, 0.1) is 18.6 Å². The molecule has 1 amide bonds. The summed E-state index contributed by atoms with van der Waals surface area (Å²) in [6.07, 6.45) is 0. The number of carbonyl (C=O) groups excluding carboxylic acids is 1. The molecule has 0 unspecified atom stereocenters. The van der Waals surface area contributed by atoms with E-state index >= 15 is 0 Å². The number of hydrogen-bond acceptors (Lipinski definition) is 3. The molecule has 21 heavy (non-hydrogen) atoms. The van der Waals surface area contributed by atoms with Crippen LogP contribution in [0.15, 0.2) is 30.3 Å². The van der Waals surface area contributed by atoms with E-state index in [9.17, 15) is 13.6 Å². The van der Waals surface area contributed by atoms with Gasteiger partial charge in [0.2, 0.25) is 0 Å². The highest BCUT2D eigenvalue weighted by Gasteiger charge is 2.12. The van der Waals surface area contributed by atoms with Crippen LogP contribution >= 0.6 is 0 Å². The third kappa shape index (κ3) is 3.10. The van der Waals surface area contributed by atoms with Crippen molar-refractivity contribution in [2.24, 2.45) is 0 Å². The van der Waals surface area contributed by atoms with Crippen molar-refractivity contribution in [1.29, 1.82) is 0 Å². The minimum Gasteiger partial charge on any atom is -0.494 e. The minimum absolute atomic E-state index is 0.00222. The fourth-order valence-corrected chi connectivity index (χ4v) is 1.77. The van der Waals surface area contributed by atoms with E-state index in [2.05, 4.69) is 5.32 Å². The van der Waals surface area contributed by atoms with Gasteiger partial charge in [0.05, 0.1) is 7.11 Å². The molecule has 110 valence electrons. The fraction of sp³-hybridized carbons (Fsp3) is 0.133. The summed E-state index contributed by atoms with van der Waals surface area (Å²) in [5.74, 6) is -1.64. The Morgan fingerprint density at radius 2 is 1.90 bits per heavy atom. The van der Waals surface area contributed by atoms with Crippen LogP contribution in [0.3, 0.4) is 0 Å². The van der Waals surface area contributed by atoms with Crippen LogP contribution in [0.4, 0.5) is 20.2 Å². The Morgan fingerprint density at radius 3 is 2.52 bits per heavy atom. The van der Waals surface area contributed by atoms with Crippen molar-refractivity contribution in [3.8, 4) is 5.75 Å². The summed E-state index contributed by atoms with van der Waals surface area (Å²) in [6.45, 7) is 1.52. The van der Waals surface area contributed by atoms with Crippen molar-refractivity contribution in [1.82, 2.24) is 0 Å². The van der Waals surface area contributed by atoms with Gasteiger partial charge in [0, 0.05) is 28.6 Å². The summed E-state index contributed by atoms with van der Waals surface area (Å²) in [5.41, 5.74) is 6.52. The number of benzene rings is 2. The molecular formula is C15H14F2N2O2. The topological polar surface area (TPSA) is 64.3 Å². The number of amides is 1. The molecule has 0 atom stereocenters. The lowest BCUT2D eigenvalue weighted by Crippen LogP contribution is -2.13. The van der Waals surface area contributed by atoms with E-state index in [1.807, 2.05) is 0 Å². The lowest BCUT2D eigenvalue weighted by Gasteiger charge is -2.09. The molecule has 0 fully saturated rings. The molecule has 0 heterocycles. The van der Waals surface area contributed by atoms with Crippen LogP contribution < -0.4 is 15.8 Å². The van der Waals surface area contributed by atoms with E-state index in [1.165, 1.54) is 38.3 Å². The molecule has 0 saturated heterocycles. The van der Waals surface area contributed by atoms with Gasteiger partial charge in [-0.3, -0.25) is 4.79 Å². The summed E-state index contributed by atoms with van der Waals surface area (Å²) >= 11 is 0. The highest BCUT2D eigenvalue weighted by Crippen LogP contribution is 2.23. The van der Waals surface area contributed by atoms with Crippen molar-refractivity contribution in [3.05, 3.63) is 53.1 Å². The third-order valence-electron chi connectivity index (χ3n) is 3.06. The quantitative estimate of drug-likeness (QED) is 0.854. The maximum Gasteiger partial charge on any atom is 0.255 e. The molecule has 0 aliphatic rings. The Hall–Kier alpha value is -2.63. The first kappa shape index (κ1) is 14.8. The van der Waals surface area contributed by atoms with E-state index < -0.39 is 17.5 Å². The zero-order valence-corrected chi connectivity index (χ0v) is 11.5. The van der Waals surface area contributed by atoms with Gasteiger partial charge in [-0.15, -0.1) is 0 Å². The first-order valence-corrected chi connectivity index (χ1v) is 6.13. The van der Waals surface area contributed by atoms with Gasteiger partial charge >= 0.3 is 0 Å². The van der Waals surface area contributed by atoms with E-state index in [4.69, 9.17) is 10.5 Å². The number of nitrogens with one attached hydrogen (secondary N) is 1. The molecule has 4 nitrogen and oxygen atoms in total. The molecule has 0 aliphatic heterocycles. The Morgan fingerprint density at radius 1 is 1.19 bits per heavy atom. The largest absolute Gasteiger partial charge is 0.494 e. The van der Waals surface area contributed by atoms with Crippen LogP contribution in [-0.2, 0) is 0 Å². The Balaban J connectivity index is 2.26. The SMILES string of the molecule is COc1cc(NC(=O)c2cc(N)c(C)c(F)c2)ccc1F. The summed E-state index contributed by atoms with van der Waals surface area (Å²) < 4.78 is 31.7. The highest BCUT2D eigenvalue weighted by molar-refractivity contribution is 6.05. The predicted molar refractivity (Wildman–Crippen MR) is 76.5 cm³/mol. The molecule has 0 aliphatic carbocycles. The molecule has 0 spiro atoms. The van der Waals surface area contributed by atoms with Crippen LogP contribution in [-0.4, -0.2) is 13.0 Å². The maximum atomic E-state index is 13.6. The molecule has 0 radical (unpaired) electrons. The Kier molecular flexibility index (Phi) is 4.07. The highest BCUT2D eigenvalue weighted by atomic mass is 19.1. The normalized spacial score (nSPS) is 10.3. The zero-order valence-electron chi connectivity index (χ0n) is 11.5. The van der Waals surface area contributed by atoms with Crippen molar-refractivity contribution in [3.63, 3.8) is 0 Å². The monoisotopic (exact) mass is 292 g/mol. The molecule has 2 aromatic rings. The Bertz CT molecular complexity index is 679. The van der Waals surface area contributed by atoms with Gasteiger partial charge in [0.15, 0.2) is 11.6 Å². The number of methoxy groups -OCH3 is 1. The van der Waals surface area contributed by atoms with Crippen LogP contribution in [0.1, 0.15) is 15.9 Å². The van der Waals surface area contributed by atoms with Crippen LogP contribution in [0.5, 0.6) is 5.75 Å². The van der Waals surface area contributed by atoms with Gasteiger partial charge in [0.25, 0.3) is 5.91 Å². The molecule has 0 aromatic heterocycles. The van der Waals surface area contributed by atoms with Crippen molar-refractivity contribution < 1.29 is 18.3 Å². The zero-order chi connectivity index (χ0) is 15.6. The predicted octanol–water partition coefficient (Wildman–Crippen LogP) is 3.12. The van der Waals surface area contributed by atoms with Crippen molar-refractivity contribution in [2.75, 3.05) is 18.2 Å².